The number of fused-ring (bicyclic) bond motifs is 3. The van der Waals surface area contributed by atoms with Gasteiger partial charge in [-0.3, -0.25) is 0 Å². The molecule has 2 aromatic heterocycles. The van der Waals surface area contributed by atoms with Crippen LogP contribution >= 0.6 is 0 Å². The van der Waals surface area contributed by atoms with Gasteiger partial charge >= 0.3 is 7.12 Å². The van der Waals surface area contributed by atoms with Crippen molar-refractivity contribution in [2.24, 2.45) is 0 Å². The zero-order valence-electron chi connectivity index (χ0n) is 26.7. The maximum Gasteiger partial charge on any atom is 0.494 e. The molecule has 5 nitrogen and oxygen atoms in total. The Morgan fingerprint density at radius 3 is 2.15 bits per heavy atom. The van der Waals surface area contributed by atoms with E-state index in [2.05, 4.69) is 130 Å². The second-order valence-corrected chi connectivity index (χ2v) is 12.6. The summed E-state index contributed by atoms with van der Waals surface area (Å²) in [5.41, 5.74) is 8.93. The van der Waals surface area contributed by atoms with Crippen molar-refractivity contribution in [2.75, 3.05) is 0 Å². The van der Waals surface area contributed by atoms with E-state index in [4.69, 9.17) is 19.3 Å². The lowest BCUT2D eigenvalue weighted by molar-refractivity contribution is 0.00578. The maximum atomic E-state index is 6.30. The standard InChI is InChI=1S/C40H36BN3O2/c1-7-15-27(8-2)30-18-14-19-32(26-30)44-34-21-13-12-20-33(34)36-37(44)35(28-16-10-9-11-17-28)42-38(43-36)29-22-24-31(25-23-29)41-45-39(3,4)40(5,6)46-41/h7-26H,1-2H2,3-6H3/b27-15+. The van der Waals surface area contributed by atoms with Crippen LogP contribution in [0, 0.1) is 0 Å². The van der Waals surface area contributed by atoms with E-state index in [0.29, 0.717) is 5.82 Å². The molecule has 6 aromatic rings. The maximum absolute atomic E-state index is 6.30. The first-order valence-corrected chi connectivity index (χ1v) is 15.6. The van der Waals surface area contributed by atoms with Gasteiger partial charge in [0.15, 0.2) is 5.82 Å². The molecule has 1 aliphatic heterocycles. The predicted molar refractivity (Wildman–Crippen MR) is 191 cm³/mol. The van der Waals surface area contributed by atoms with E-state index in [0.717, 1.165) is 61.0 Å². The van der Waals surface area contributed by atoms with Gasteiger partial charge in [-0.1, -0.05) is 116 Å². The Labute approximate surface area is 270 Å². The lowest BCUT2D eigenvalue weighted by atomic mass is 9.79. The first-order chi connectivity index (χ1) is 22.2. The number of allylic oxidation sites excluding steroid dienone is 4. The van der Waals surface area contributed by atoms with Crippen LogP contribution in [-0.2, 0) is 9.31 Å². The van der Waals surface area contributed by atoms with Crippen molar-refractivity contribution in [2.45, 2.75) is 38.9 Å². The Bertz CT molecular complexity index is 2130. The van der Waals surface area contributed by atoms with Gasteiger partial charge in [0.25, 0.3) is 0 Å². The number of hydrogen-bond acceptors (Lipinski definition) is 4. The molecule has 0 saturated carbocycles. The SMILES string of the molecule is C=C/C=C(\C=C)c1cccc(-n2c3ccccc3c3nc(-c4ccc(B5OC(C)(C)C(C)(C)O5)cc4)nc(-c4ccccc4)c32)c1. The van der Waals surface area contributed by atoms with Crippen molar-refractivity contribution in [1.29, 1.82) is 0 Å². The van der Waals surface area contributed by atoms with Gasteiger partial charge in [0, 0.05) is 22.2 Å². The second-order valence-electron chi connectivity index (χ2n) is 12.6. The van der Waals surface area contributed by atoms with E-state index in [9.17, 15) is 0 Å². The van der Waals surface area contributed by atoms with Crippen LogP contribution in [0.5, 0.6) is 0 Å². The Kier molecular flexibility index (Phi) is 7.35. The van der Waals surface area contributed by atoms with Crippen LogP contribution in [0.3, 0.4) is 0 Å². The molecule has 0 unspecified atom stereocenters. The molecule has 0 spiro atoms. The minimum absolute atomic E-state index is 0.405. The van der Waals surface area contributed by atoms with Gasteiger partial charge in [-0.25, -0.2) is 9.97 Å². The lowest BCUT2D eigenvalue weighted by Gasteiger charge is -2.32. The molecule has 3 heterocycles. The number of rotatable bonds is 7. The fraction of sp³-hybridized carbons (Fsp3) is 0.150. The van der Waals surface area contributed by atoms with E-state index < -0.39 is 18.3 Å². The number of benzene rings is 4. The molecule has 6 heteroatoms. The van der Waals surface area contributed by atoms with Gasteiger partial charge < -0.3 is 13.9 Å². The average molecular weight is 602 g/mol. The summed E-state index contributed by atoms with van der Waals surface area (Å²) in [4.78, 5) is 10.5. The summed E-state index contributed by atoms with van der Waals surface area (Å²) in [5, 5.41) is 1.06. The van der Waals surface area contributed by atoms with Crippen LogP contribution in [0.25, 0.3) is 55.8 Å². The minimum Gasteiger partial charge on any atom is -0.399 e. The third kappa shape index (κ3) is 5.00. The van der Waals surface area contributed by atoms with E-state index in [1.807, 2.05) is 30.4 Å². The van der Waals surface area contributed by atoms with Gasteiger partial charge in [-0.15, -0.1) is 0 Å². The zero-order valence-corrected chi connectivity index (χ0v) is 26.7. The molecule has 226 valence electrons. The van der Waals surface area contributed by atoms with Gasteiger partial charge in [-0.05, 0) is 62.5 Å². The molecule has 4 aromatic carbocycles. The highest BCUT2D eigenvalue weighted by Gasteiger charge is 2.51. The van der Waals surface area contributed by atoms with E-state index in [1.54, 1.807) is 6.08 Å². The number of nitrogens with zero attached hydrogens (tertiary/aromatic N) is 3. The first kappa shape index (κ1) is 29.7. The Morgan fingerprint density at radius 1 is 0.761 bits per heavy atom. The molecule has 0 aliphatic carbocycles. The molecule has 0 N–H and O–H groups in total. The Hall–Kier alpha value is -5.04. The zero-order chi connectivity index (χ0) is 32.1. The van der Waals surface area contributed by atoms with Crippen molar-refractivity contribution < 1.29 is 9.31 Å². The molecule has 0 amide bonds. The summed E-state index contributed by atoms with van der Waals surface area (Å²) >= 11 is 0. The number of aromatic nitrogens is 3. The minimum atomic E-state index is -0.431. The van der Waals surface area contributed by atoms with Crippen LogP contribution in [0.4, 0.5) is 0 Å². The molecular formula is C40H36BN3O2. The average Bonchev–Trinajstić information content (AvgIpc) is 3.52. The van der Waals surface area contributed by atoms with Crippen molar-refractivity contribution >= 4 is 40.1 Å². The topological polar surface area (TPSA) is 49.2 Å². The normalized spacial score (nSPS) is 15.8. The third-order valence-electron chi connectivity index (χ3n) is 9.20. The van der Waals surface area contributed by atoms with Crippen LogP contribution in [0.2, 0.25) is 0 Å². The summed E-state index contributed by atoms with van der Waals surface area (Å²) < 4.78 is 14.9. The molecule has 1 aliphatic rings. The molecule has 0 atom stereocenters. The van der Waals surface area contributed by atoms with Crippen LogP contribution in [0.1, 0.15) is 33.3 Å². The van der Waals surface area contributed by atoms with Gasteiger partial charge in [0.2, 0.25) is 0 Å². The van der Waals surface area contributed by atoms with E-state index in [-0.39, 0.29) is 0 Å². The molecule has 1 fully saturated rings. The van der Waals surface area contributed by atoms with Gasteiger partial charge in [-0.2, -0.15) is 0 Å². The highest BCUT2D eigenvalue weighted by Crippen LogP contribution is 2.39. The van der Waals surface area contributed by atoms with Crippen LogP contribution in [0.15, 0.2) is 135 Å². The first-order valence-electron chi connectivity index (χ1n) is 15.6. The van der Waals surface area contributed by atoms with Crippen molar-refractivity contribution in [1.82, 2.24) is 14.5 Å². The molecular weight excluding hydrogens is 565 g/mol. The van der Waals surface area contributed by atoms with Gasteiger partial charge in [0.05, 0.1) is 27.9 Å². The number of hydrogen-bond donors (Lipinski definition) is 0. The molecule has 0 radical (unpaired) electrons. The lowest BCUT2D eigenvalue weighted by Crippen LogP contribution is -2.41. The molecule has 46 heavy (non-hydrogen) atoms. The number of para-hydroxylation sites is 1. The van der Waals surface area contributed by atoms with Crippen LogP contribution < -0.4 is 5.46 Å². The predicted octanol–water partition coefficient (Wildman–Crippen LogP) is 8.96. The molecule has 0 bridgehead atoms. The Morgan fingerprint density at radius 2 is 1.46 bits per heavy atom. The summed E-state index contributed by atoms with van der Waals surface area (Å²) in [6.45, 7) is 16.2. The highest BCUT2D eigenvalue weighted by molar-refractivity contribution is 6.62. The summed E-state index contributed by atoms with van der Waals surface area (Å²) in [6.07, 6.45) is 5.62. The van der Waals surface area contributed by atoms with E-state index in [1.165, 1.54) is 0 Å². The van der Waals surface area contributed by atoms with Crippen LogP contribution in [-0.4, -0.2) is 32.9 Å². The van der Waals surface area contributed by atoms with Gasteiger partial charge in [0.1, 0.15) is 5.52 Å². The quantitative estimate of drug-likeness (QED) is 0.135. The monoisotopic (exact) mass is 601 g/mol. The Balaban J connectivity index is 1.43. The second kappa shape index (κ2) is 11.4. The molecule has 7 rings (SSSR count). The van der Waals surface area contributed by atoms with E-state index >= 15 is 0 Å². The summed E-state index contributed by atoms with van der Waals surface area (Å²) in [5.74, 6) is 0.659. The largest absolute Gasteiger partial charge is 0.494 e. The fourth-order valence-electron chi connectivity index (χ4n) is 6.04. The smallest absolute Gasteiger partial charge is 0.399 e. The van der Waals surface area contributed by atoms with Crippen molar-refractivity contribution in [3.63, 3.8) is 0 Å². The molecule has 1 saturated heterocycles. The van der Waals surface area contributed by atoms with Crippen molar-refractivity contribution in [3.05, 3.63) is 140 Å². The fourth-order valence-corrected chi connectivity index (χ4v) is 6.04. The third-order valence-corrected chi connectivity index (χ3v) is 9.20. The van der Waals surface area contributed by atoms with Crippen molar-refractivity contribution in [3.8, 4) is 28.3 Å². The summed E-state index contributed by atoms with van der Waals surface area (Å²) in [7, 11) is -0.431. The highest BCUT2D eigenvalue weighted by atomic mass is 16.7. The summed E-state index contributed by atoms with van der Waals surface area (Å²) in [6, 6.07) is 35.4.